The van der Waals surface area contributed by atoms with E-state index in [2.05, 4.69) is 4.72 Å². The minimum atomic E-state index is -3.84. The van der Waals surface area contributed by atoms with Crippen LogP contribution in [0.3, 0.4) is 0 Å². The number of hydrogen-bond acceptors (Lipinski definition) is 3. The summed E-state index contributed by atoms with van der Waals surface area (Å²) in [6.07, 6.45) is 0.772. The summed E-state index contributed by atoms with van der Waals surface area (Å²) in [7, 11) is -3.84. The third-order valence-corrected chi connectivity index (χ3v) is 6.71. The number of hydrogen-bond donors (Lipinski definition) is 1. The lowest BCUT2D eigenvalue weighted by Crippen LogP contribution is -2.46. The Kier molecular flexibility index (Phi) is 4.87. The fourth-order valence-electron chi connectivity index (χ4n) is 3.51. The van der Waals surface area contributed by atoms with Crippen LogP contribution < -0.4 is 9.62 Å². The summed E-state index contributed by atoms with van der Waals surface area (Å²) in [6, 6.07) is 16.9. The number of nitrogens with zero attached hydrogens (tertiary/aromatic N) is 1. The van der Waals surface area contributed by atoms with Gasteiger partial charge < -0.3 is 4.90 Å². The highest BCUT2D eigenvalue weighted by atomic mass is 35.5. The van der Waals surface area contributed by atoms with Gasteiger partial charge in [0.05, 0.1) is 10.9 Å². The first-order valence-corrected chi connectivity index (χ1v) is 10.8. The molecule has 3 aromatic rings. The van der Waals surface area contributed by atoms with E-state index in [0.717, 1.165) is 28.4 Å². The average molecular weight is 415 g/mol. The number of halogens is 1. The van der Waals surface area contributed by atoms with E-state index >= 15 is 0 Å². The van der Waals surface area contributed by atoms with E-state index in [9.17, 15) is 13.2 Å². The normalized spacial score (nSPS) is 14.9. The van der Waals surface area contributed by atoms with Crippen molar-refractivity contribution in [2.75, 3.05) is 11.4 Å². The monoisotopic (exact) mass is 414 g/mol. The highest BCUT2D eigenvalue weighted by molar-refractivity contribution is 7.89. The van der Waals surface area contributed by atoms with Gasteiger partial charge in [-0.2, -0.15) is 4.72 Å². The molecular formula is C21H19ClN2O3S. The van der Waals surface area contributed by atoms with Gasteiger partial charge >= 0.3 is 0 Å². The maximum atomic E-state index is 12.9. The van der Waals surface area contributed by atoms with Gasteiger partial charge in [-0.25, -0.2) is 8.42 Å². The first-order valence-electron chi connectivity index (χ1n) is 8.96. The number of amides is 1. The molecule has 0 unspecified atom stereocenters. The summed E-state index contributed by atoms with van der Waals surface area (Å²) in [5.41, 5.74) is 1.94. The molecule has 5 nitrogen and oxygen atoms in total. The summed E-state index contributed by atoms with van der Waals surface area (Å²) >= 11 is 5.98. The zero-order valence-corrected chi connectivity index (χ0v) is 16.8. The van der Waals surface area contributed by atoms with E-state index in [4.69, 9.17) is 11.6 Å². The molecule has 0 aliphatic carbocycles. The van der Waals surface area contributed by atoms with Gasteiger partial charge in [0, 0.05) is 17.3 Å². The van der Waals surface area contributed by atoms with Crippen LogP contribution in [0.1, 0.15) is 12.5 Å². The molecule has 1 atom stereocenters. The van der Waals surface area contributed by atoms with Gasteiger partial charge in [0.1, 0.15) is 0 Å². The van der Waals surface area contributed by atoms with Gasteiger partial charge in [-0.15, -0.1) is 0 Å². The van der Waals surface area contributed by atoms with Gasteiger partial charge in [-0.05, 0) is 60.0 Å². The van der Waals surface area contributed by atoms with Gasteiger partial charge in [0.2, 0.25) is 15.9 Å². The molecule has 0 radical (unpaired) electrons. The molecule has 0 bridgehead atoms. The highest BCUT2D eigenvalue weighted by Crippen LogP contribution is 2.28. The molecule has 0 saturated heterocycles. The SMILES string of the molecule is C[C@H](NS(=O)(=O)c1ccc2cc(Cl)ccc2c1)C(=O)N1CCc2ccccc21. The van der Waals surface area contributed by atoms with E-state index < -0.39 is 16.1 Å². The number of nitrogens with one attached hydrogen (secondary N) is 1. The molecule has 28 heavy (non-hydrogen) atoms. The first-order chi connectivity index (χ1) is 13.3. The molecule has 0 saturated carbocycles. The maximum Gasteiger partial charge on any atom is 0.244 e. The second-order valence-corrected chi connectivity index (χ2v) is 9.02. The van der Waals surface area contributed by atoms with Crippen LogP contribution in [0.5, 0.6) is 0 Å². The van der Waals surface area contributed by atoms with E-state index in [-0.39, 0.29) is 10.8 Å². The fraction of sp³-hybridized carbons (Fsp3) is 0.190. The summed E-state index contributed by atoms with van der Waals surface area (Å²) in [4.78, 5) is 14.6. The molecule has 0 aromatic heterocycles. The molecule has 1 aliphatic rings. The molecule has 0 spiro atoms. The summed E-state index contributed by atoms with van der Waals surface area (Å²) in [5, 5.41) is 2.20. The third kappa shape index (κ3) is 3.51. The highest BCUT2D eigenvalue weighted by Gasteiger charge is 2.30. The van der Waals surface area contributed by atoms with Crippen LogP contribution in [-0.4, -0.2) is 26.9 Å². The number of fused-ring (bicyclic) bond motifs is 2. The predicted octanol–water partition coefficient (Wildman–Crippen LogP) is 3.75. The Morgan fingerprint density at radius 3 is 2.61 bits per heavy atom. The number of rotatable bonds is 4. The lowest BCUT2D eigenvalue weighted by molar-refractivity contribution is -0.119. The van der Waals surface area contributed by atoms with Crippen LogP contribution in [0.2, 0.25) is 5.02 Å². The van der Waals surface area contributed by atoms with Gasteiger partial charge in [-0.3, -0.25) is 4.79 Å². The van der Waals surface area contributed by atoms with Crippen LogP contribution in [0.15, 0.2) is 65.6 Å². The summed E-state index contributed by atoms with van der Waals surface area (Å²) < 4.78 is 28.1. The number of carbonyl (C=O) groups is 1. The van der Waals surface area contributed by atoms with Crippen molar-refractivity contribution in [2.45, 2.75) is 24.3 Å². The Bertz CT molecular complexity index is 1180. The van der Waals surface area contributed by atoms with Crippen LogP contribution in [0.25, 0.3) is 10.8 Å². The third-order valence-electron chi connectivity index (χ3n) is 4.94. The van der Waals surface area contributed by atoms with Crippen molar-refractivity contribution in [3.8, 4) is 0 Å². The summed E-state index contributed by atoms with van der Waals surface area (Å²) in [6.45, 7) is 2.13. The number of benzene rings is 3. The molecule has 7 heteroatoms. The molecule has 144 valence electrons. The van der Waals surface area contributed by atoms with Crippen molar-refractivity contribution in [3.63, 3.8) is 0 Å². The number of sulfonamides is 1. The van der Waals surface area contributed by atoms with Crippen molar-refractivity contribution in [3.05, 3.63) is 71.2 Å². The van der Waals surface area contributed by atoms with Crippen LogP contribution in [0.4, 0.5) is 5.69 Å². The minimum Gasteiger partial charge on any atom is -0.310 e. The number of carbonyl (C=O) groups excluding carboxylic acids is 1. The minimum absolute atomic E-state index is 0.115. The van der Waals surface area contributed by atoms with Crippen molar-refractivity contribution in [1.82, 2.24) is 4.72 Å². The lowest BCUT2D eigenvalue weighted by atomic mass is 10.1. The van der Waals surface area contributed by atoms with E-state index in [1.54, 1.807) is 42.2 Å². The average Bonchev–Trinajstić information content (AvgIpc) is 3.10. The first kappa shape index (κ1) is 18.9. The van der Waals surface area contributed by atoms with Crippen molar-refractivity contribution in [2.24, 2.45) is 0 Å². The quantitative estimate of drug-likeness (QED) is 0.707. The smallest absolute Gasteiger partial charge is 0.244 e. The maximum absolute atomic E-state index is 12.9. The van der Waals surface area contributed by atoms with Crippen LogP contribution in [0, 0.1) is 0 Å². The Morgan fingerprint density at radius 2 is 1.79 bits per heavy atom. The Labute approximate surface area is 169 Å². The van der Waals surface area contributed by atoms with Crippen LogP contribution in [-0.2, 0) is 21.2 Å². The lowest BCUT2D eigenvalue weighted by Gasteiger charge is -2.22. The molecule has 1 heterocycles. The zero-order chi connectivity index (χ0) is 19.9. The summed E-state index contributed by atoms with van der Waals surface area (Å²) in [5.74, 6) is -0.263. The second kappa shape index (κ2) is 7.20. The standard InChI is InChI=1S/C21H19ClN2O3S/c1-14(21(25)24-11-10-15-4-2-3-5-20(15)24)23-28(26,27)19-9-7-16-12-18(22)8-6-17(16)13-19/h2-9,12-14,23H,10-11H2,1H3/t14-/m0/s1. The molecule has 1 aliphatic heterocycles. The Morgan fingerprint density at radius 1 is 1.07 bits per heavy atom. The zero-order valence-electron chi connectivity index (χ0n) is 15.2. The Balaban J connectivity index is 1.56. The molecule has 1 N–H and O–H groups in total. The topological polar surface area (TPSA) is 66.5 Å². The second-order valence-electron chi connectivity index (χ2n) is 6.86. The van der Waals surface area contributed by atoms with Crippen molar-refractivity contribution in [1.29, 1.82) is 0 Å². The van der Waals surface area contributed by atoms with Gasteiger partial charge in [0.15, 0.2) is 0 Å². The Hall–Kier alpha value is -2.41. The van der Waals surface area contributed by atoms with Gasteiger partial charge in [-0.1, -0.05) is 41.9 Å². The molecule has 3 aromatic carbocycles. The number of para-hydroxylation sites is 1. The largest absolute Gasteiger partial charge is 0.310 e. The van der Waals surface area contributed by atoms with E-state index in [1.807, 2.05) is 24.3 Å². The van der Waals surface area contributed by atoms with Gasteiger partial charge in [0.25, 0.3) is 0 Å². The van der Waals surface area contributed by atoms with Crippen molar-refractivity contribution < 1.29 is 13.2 Å². The molecular weight excluding hydrogens is 396 g/mol. The van der Waals surface area contributed by atoms with E-state index in [1.165, 1.54) is 6.07 Å². The molecule has 4 rings (SSSR count). The van der Waals surface area contributed by atoms with E-state index in [0.29, 0.717) is 11.6 Å². The van der Waals surface area contributed by atoms with Crippen LogP contribution >= 0.6 is 11.6 Å². The number of anilines is 1. The predicted molar refractivity (Wildman–Crippen MR) is 111 cm³/mol. The van der Waals surface area contributed by atoms with Crippen molar-refractivity contribution >= 4 is 44.0 Å². The molecule has 0 fully saturated rings. The fourth-order valence-corrected chi connectivity index (χ4v) is 4.93. The molecule has 1 amide bonds.